The highest BCUT2D eigenvalue weighted by molar-refractivity contribution is 6.19. The first kappa shape index (κ1) is 14.9. The Labute approximate surface area is 112 Å². The second kappa shape index (κ2) is 8.86. The van der Waals surface area contributed by atoms with Crippen LogP contribution in [0.25, 0.3) is 6.08 Å². The summed E-state index contributed by atoms with van der Waals surface area (Å²) in [4.78, 5) is 11.1. The molecule has 0 saturated heterocycles. The van der Waals surface area contributed by atoms with Gasteiger partial charge in [0, 0.05) is 12.3 Å². The molecule has 0 spiro atoms. The molecule has 3 nitrogen and oxygen atoms in total. The highest BCUT2D eigenvalue weighted by Crippen LogP contribution is 2.06. The van der Waals surface area contributed by atoms with Gasteiger partial charge in [0.25, 0.3) is 0 Å². The van der Waals surface area contributed by atoms with Crippen molar-refractivity contribution in [2.24, 2.45) is 0 Å². The van der Waals surface area contributed by atoms with Crippen molar-refractivity contribution < 1.29 is 14.3 Å². The quantitative estimate of drug-likeness (QED) is 0.392. The molecule has 0 aliphatic rings. The van der Waals surface area contributed by atoms with Crippen LogP contribution < -0.4 is 0 Å². The molecule has 4 heteroatoms. The summed E-state index contributed by atoms with van der Waals surface area (Å²) >= 11 is 5.43. The monoisotopic (exact) mass is 268 g/mol. The highest BCUT2D eigenvalue weighted by Gasteiger charge is 2.00. The molecule has 0 unspecified atom stereocenters. The number of benzene rings is 1. The molecule has 1 rings (SSSR count). The van der Waals surface area contributed by atoms with Crippen LogP contribution in [0.3, 0.4) is 0 Å². The van der Waals surface area contributed by atoms with Crippen LogP contribution in [0.15, 0.2) is 30.8 Å². The number of hydrogen-bond acceptors (Lipinski definition) is 3. The van der Waals surface area contributed by atoms with E-state index in [0.29, 0.717) is 18.9 Å². The van der Waals surface area contributed by atoms with Gasteiger partial charge < -0.3 is 9.47 Å². The second-order valence-corrected chi connectivity index (χ2v) is 4.12. The third-order valence-corrected chi connectivity index (χ3v) is 2.48. The molecule has 0 N–H and O–H groups in total. The van der Waals surface area contributed by atoms with E-state index >= 15 is 0 Å². The van der Waals surface area contributed by atoms with Gasteiger partial charge in [-0.1, -0.05) is 36.9 Å². The van der Waals surface area contributed by atoms with Gasteiger partial charge in [-0.15, -0.1) is 11.6 Å². The third kappa shape index (κ3) is 5.96. The van der Waals surface area contributed by atoms with Gasteiger partial charge in [0.1, 0.15) is 13.4 Å². The summed E-state index contributed by atoms with van der Waals surface area (Å²) in [5, 5.41) is 0. The number of carbonyl (C=O) groups is 1. The number of alkyl halides is 1. The topological polar surface area (TPSA) is 35.5 Å². The number of halogens is 1. The number of ketones is 1. The molecular weight excluding hydrogens is 252 g/mol. The van der Waals surface area contributed by atoms with Crippen molar-refractivity contribution >= 4 is 23.5 Å². The normalized spacial score (nSPS) is 10.3. The lowest BCUT2D eigenvalue weighted by atomic mass is 10.1. The van der Waals surface area contributed by atoms with Crippen molar-refractivity contribution in [3.05, 3.63) is 42.0 Å². The number of ether oxygens (including phenoxy) is 2. The zero-order chi connectivity index (χ0) is 13.2. The standard InChI is InChI=1S/C14H17ClO3/c1-2-12-3-5-13(6-4-12)9-17-11-18-10-14(16)7-8-15/h2-6H,1,7-11H2. The van der Waals surface area contributed by atoms with Crippen LogP contribution in [0.5, 0.6) is 0 Å². The van der Waals surface area contributed by atoms with Crippen molar-refractivity contribution in [2.75, 3.05) is 19.3 Å². The average molecular weight is 269 g/mol. The first-order chi connectivity index (χ1) is 8.76. The van der Waals surface area contributed by atoms with E-state index in [9.17, 15) is 4.79 Å². The zero-order valence-electron chi connectivity index (χ0n) is 10.2. The van der Waals surface area contributed by atoms with E-state index in [-0.39, 0.29) is 19.2 Å². The van der Waals surface area contributed by atoms with E-state index in [1.807, 2.05) is 24.3 Å². The van der Waals surface area contributed by atoms with E-state index in [1.54, 1.807) is 6.08 Å². The minimum absolute atomic E-state index is 0.0102. The molecule has 1 aromatic carbocycles. The lowest BCUT2D eigenvalue weighted by Crippen LogP contribution is -2.11. The van der Waals surface area contributed by atoms with Gasteiger partial charge in [0.2, 0.25) is 0 Å². The molecule has 0 amide bonds. The van der Waals surface area contributed by atoms with Crippen LogP contribution in [-0.4, -0.2) is 25.1 Å². The SMILES string of the molecule is C=Cc1ccc(COCOCC(=O)CCCl)cc1. The van der Waals surface area contributed by atoms with E-state index in [0.717, 1.165) is 11.1 Å². The molecule has 0 bridgehead atoms. The molecule has 0 aromatic heterocycles. The van der Waals surface area contributed by atoms with Crippen LogP contribution in [-0.2, 0) is 20.9 Å². The number of Topliss-reactive ketones (excluding diaryl/α,β-unsaturated/α-hetero) is 1. The molecule has 0 fully saturated rings. The van der Waals surface area contributed by atoms with Crippen LogP contribution >= 0.6 is 11.6 Å². The maximum Gasteiger partial charge on any atom is 0.159 e. The largest absolute Gasteiger partial charge is 0.351 e. The fourth-order valence-corrected chi connectivity index (χ4v) is 1.51. The molecule has 0 heterocycles. The molecule has 0 aliphatic heterocycles. The van der Waals surface area contributed by atoms with Gasteiger partial charge in [-0.2, -0.15) is 0 Å². The van der Waals surface area contributed by atoms with Gasteiger partial charge in [-0.05, 0) is 11.1 Å². The molecule has 1 aromatic rings. The molecule has 0 atom stereocenters. The smallest absolute Gasteiger partial charge is 0.159 e. The Hall–Kier alpha value is -1.16. The summed E-state index contributed by atoms with van der Waals surface area (Å²) in [5.74, 6) is 0.322. The molecule has 0 aliphatic carbocycles. The zero-order valence-corrected chi connectivity index (χ0v) is 11.0. The maximum atomic E-state index is 11.1. The van der Waals surface area contributed by atoms with Gasteiger partial charge in [0.15, 0.2) is 5.78 Å². The molecule has 18 heavy (non-hydrogen) atoms. The van der Waals surface area contributed by atoms with Crippen molar-refractivity contribution in [1.82, 2.24) is 0 Å². The number of carbonyl (C=O) groups excluding carboxylic acids is 1. The predicted molar refractivity (Wildman–Crippen MR) is 72.5 cm³/mol. The molecular formula is C14H17ClO3. The summed E-state index contributed by atoms with van der Waals surface area (Å²) in [6, 6.07) is 7.87. The first-order valence-electron chi connectivity index (χ1n) is 5.71. The third-order valence-electron chi connectivity index (χ3n) is 2.29. The highest BCUT2D eigenvalue weighted by atomic mass is 35.5. The summed E-state index contributed by atoms with van der Waals surface area (Å²) in [7, 11) is 0. The molecule has 0 saturated carbocycles. The van der Waals surface area contributed by atoms with E-state index in [2.05, 4.69) is 6.58 Å². The van der Waals surface area contributed by atoms with E-state index in [1.165, 1.54) is 0 Å². The summed E-state index contributed by atoms with van der Waals surface area (Å²) in [6.45, 7) is 4.31. The van der Waals surface area contributed by atoms with E-state index < -0.39 is 0 Å². The van der Waals surface area contributed by atoms with Gasteiger partial charge in [0.05, 0.1) is 6.61 Å². The fourth-order valence-electron chi connectivity index (χ4n) is 1.30. The van der Waals surface area contributed by atoms with Crippen molar-refractivity contribution in [3.63, 3.8) is 0 Å². The van der Waals surface area contributed by atoms with Crippen molar-refractivity contribution in [2.45, 2.75) is 13.0 Å². The summed E-state index contributed by atoms with van der Waals surface area (Å²) in [5.41, 5.74) is 2.12. The molecule has 0 radical (unpaired) electrons. The Morgan fingerprint density at radius 1 is 1.28 bits per heavy atom. The van der Waals surface area contributed by atoms with Gasteiger partial charge >= 0.3 is 0 Å². The van der Waals surface area contributed by atoms with Gasteiger partial charge in [-0.25, -0.2) is 0 Å². The molecule has 98 valence electrons. The van der Waals surface area contributed by atoms with Crippen LogP contribution in [0.1, 0.15) is 17.5 Å². The summed E-state index contributed by atoms with van der Waals surface area (Å²) < 4.78 is 10.4. The van der Waals surface area contributed by atoms with Crippen molar-refractivity contribution in [1.29, 1.82) is 0 Å². The summed E-state index contributed by atoms with van der Waals surface area (Å²) in [6.07, 6.45) is 2.13. The Kier molecular flexibility index (Phi) is 7.34. The predicted octanol–water partition coefficient (Wildman–Crippen LogP) is 3.02. The number of hydrogen-bond donors (Lipinski definition) is 0. The van der Waals surface area contributed by atoms with Crippen LogP contribution in [0.4, 0.5) is 0 Å². The minimum atomic E-state index is -0.0102. The maximum absolute atomic E-state index is 11.1. The Balaban J connectivity index is 2.13. The minimum Gasteiger partial charge on any atom is -0.351 e. The first-order valence-corrected chi connectivity index (χ1v) is 6.24. The van der Waals surface area contributed by atoms with E-state index in [4.69, 9.17) is 21.1 Å². The Morgan fingerprint density at radius 2 is 2.00 bits per heavy atom. The fraction of sp³-hybridized carbons (Fsp3) is 0.357. The number of rotatable bonds is 9. The Morgan fingerprint density at radius 3 is 2.61 bits per heavy atom. The van der Waals surface area contributed by atoms with Crippen LogP contribution in [0.2, 0.25) is 0 Å². The lowest BCUT2D eigenvalue weighted by Gasteiger charge is -2.05. The lowest BCUT2D eigenvalue weighted by molar-refractivity contribution is -0.130. The second-order valence-electron chi connectivity index (χ2n) is 3.74. The average Bonchev–Trinajstić information content (AvgIpc) is 2.39. The van der Waals surface area contributed by atoms with Crippen molar-refractivity contribution in [3.8, 4) is 0 Å². The van der Waals surface area contributed by atoms with Gasteiger partial charge in [-0.3, -0.25) is 4.79 Å². The van der Waals surface area contributed by atoms with Crippen LogP contribution in [0, 0.1) is 0 Å². The Bertz CT molecular complexity index is 373.